The molecule has 0 radical (unpaired) electrons. The first-order chi connectivity index (χ1) is 9.65. The van der Waals surface area contributed by atoms with Crippen molar-refractivity contribution in [1.82, 2.24) is 10.6 Å². The predicted octanol–water partition coefficient (Wildman–Crippen LogP) is 2.51. The lowest BCUT2D eigenvalue weighted by atomic mass is 10.1. The molecule has 1 aliphatic rings. The highest BCUT2D eigenvalue weighted by molar-refractivity contribution is 8.00. The molecule has 0 aliphatic carbocycles. The topological polar surface area (TPSA) is 41.1 Å². The number of thioether (sulfide) groups is 1. The summed E-state index contributed by atoms with van der Waals surface area (Å²) in [6.07, 6.45) is 2.33. The van der Waals surface area contributed by atoms with E-state index in [9.17, 15) is 4.79 Å². The summed E-state index contributed by atoms with van der Waals surface area (Å²) >= 11 is 1.63. The van der Waals surface area contributed by atoms with Crippen molar-refractivity contribution in [1.29, 1.82) is 0 Å². The number of amides is 1. The number of aryl methyl sites for hydroxylation is 2. The molecule has 1 saturated heterocycles. The highest BCUT2D eigenvalue weighted by atomic mass is 32.2. The van der Waals surface area contributed by atoms with Crippen LogP contribution in [0.1, 0.15) is 24.0 Å². The molecule has 2 rings (SSSR count). The van der Waals surface area contributed by atoms with Crippen LogP contribution < -0.4 is 10.6 Å². The molecule has 1 atom stereocenters. The van der Waals surface area contributed by atoms with Crippen molar-refractivity contribution in [3.63, 3.8) is 0 Å². The molecule has 1 heterocycles. The van der Waals surface area contributed by atoms with Gasteiger partial charge in [-0.1, -0.05) is 17.7 Å². The second-order valence-electron chi connectivity index (χ2n) is 5.56. The van der Waals surface area contributed by atoms with E-state index in [1.54, 1.807) is 11.8 Å². The van der Waals surface area contributed by atoms with Gasteiger partial charge in [0.15, 0.2) is 0 Å². The normalized spacial score (nSPS) is 18.2. The van der Waals surface area contributed by atoms with Crippen molar-refractivity contribution in [2.45, 2.75) is 31.6 Å². The molecule has 1 aromatic rings. The van der Waals surface area contributed by atoms with Gasteiger partial charge in [-0.2, -0.15) is 0 Å². The molecule has 1 amide bonds. The highest BCUT2D eigenvalue weighted by Crippen LogP contribution is 2.23. The van der Waals surface area contributed by atoms with Crippen molar-refractivity contribution in [3.8, 4) is 0 Å². The zero-order chi connectivity index (χ0) is 14.4. The van der Waals surface area contributed by atoms with Crippen molar-refractivity contribution >= 4 is 17.7 Å². The van der Waals surface area contributed by atoms with Gasteiger partial charge in [-0.3, -0.25) is 4.79 Å². The van der Waals surface area contributed by atoms with E-state index in [0.717, 1.165) is 32.0 Å². The Hall–Kier alpha value is -1.00. The first kappa shape index (κ1) is 15.4. The monoisotopic (exact) mass is 292 g/mol. The Morgan fingerprint density at radius 1 is 1.45 bits per heavy atom. The van der Waals surface area contributed by atoms with Gasteiger partial charge in [-0.25, -0.2) is 0 Å². The number of rotatable bonds is 6. The van der Waals surface area contributed by atoms with E-state index in [-0.39, 0.29) is 5.91 Å². The van der Waals surface area contributed by atoms with E-state index in [2.05, 4.69) is 42.7 Å². The molecule has 1 unspecified atom stereocenters. The van der Waals surface area contributed by atoms with E-state index in [4.69, 9.17) is 0 Å². The Morgan fingerprint density at radius 3 is 3.05 bits per heavy atom. The molecular weight excluding hydrogens is 268 g/mol. The van der Waals surface area contributed by atoms with Crippen LogP contribution in [0.15, 0.2) is 23.1 Å². The molecular formula is C16H24N2OS. The fourth-order valence-corrected chi connectivity index (χ4v) is 3.39. The van der Waals surface area contributed by atoms with E-state index < -0.39 is 0 Å². The van der Waals surface area contributed by atoms with Gasteiger partial charge in [0.25, 0.3) is 0 Å². The van der Waals surface area contributed by atoms with Gasteiger partial charge in [0.1, 0.15) is 0 Å². The van der Waals surface area contributed by atoms with Crippen LogP contribution in [0.2, 0.25) is 0 Å². The maximum atomic E-state index is 11.8. The van der Waals surface area contributed by atoms with E-state index in [1.165, 1.54) is 22.4 Å². The summed E-state index contributed by atoms with van der Waals surface area (Å²) in [7, 11) is 0. The molecule has 1 aromatic carbocycles. The fourth-order valence-electron chi connectivity index (χ4n) is 2.43. The Morgan fingerprint density at radius 2 is 2.30 bits per heavy atom. The molecule has 1 aliphatic heterocycles. The van der Waals surface area contributed by atoms with E-state index in [1.807, 2.05) is 0 Å². The molecule has 4 heteroatoms. The Balaban J connectivity index is 1.67. The number of hydrogen-bond donors (Lipinski definition) is 2. The summed E-state index contributed by atoms with van der Waals surface area (Å²) in [5, 5.41) is 6.38. The summed E-state index contributed by atoms with van der Waals surface area (Å²) in [6.45, 7) is 7.21. The van der Waals surface area contributed by atoms with Crippen molar-refractivity contribution < 1.29 is 4.79 Å². The minimum atomic E-state index is 0.141. The van der Waals surface area contributed by atoms with Gasteiger partial charge in [-0.05, 0) is 57.3 Å². The highest BCUT2D eigenvalue weighted by Gasteiger charge is 2.14. The standard InChI is InChI=1S/C16H24N2OS/c1-12-3-4-13(2)15(9-12)20-11-16(19)18-8-6-14-5-7-17-10-14/h3-4,9,14,17H,5-8,10-11H2,1-2H3,(H,18,19). The van der Waals surface area contributed by atoms with E-state index >= 15 is 0 Å². The average Bonchev–Trinajstić information content (AvgIpc) is 2.93. The third-order valence-corrected chi connectivity index (χ3v) is 4.90. The van der Waals surface area contributed by atoms with Gasteiger partial charge >= 0.3 is 0 Å². The predicted molar refractivity (Wildman–Crippen MR) is 85.2 cm³/mol. The molecule has 20 heavy (non-hydrogen) atoms. The lowest BCUT2D eigenvalue weighted by molar-refractivity contribution is -0.118. The first-order valence-corrected chi connectivity index (χ1v) is 8.31. The molecule has 0 aromatic heterocycles. The van der Waals surface area contributed by atoms with Crippen molar-refractivity contribution in [2.24, 2.45) is 5.92 Å². The maximum Gasteiger partial charge on any atom is 0.230 e. The number of benzene rings is 1. The SMILES string of the molecule is Cc1ccc(C)c(SCC(=O)NCCC2CCNC2)c1. The third-order valence-electron chi connectivity index (χ3n) is 3.74. The van der Waals surface area contributed by atoms with Gasteiger partial charge in [-0.15, -0.1) is 11.8 Å². The fraction of sp³-hybridized carbons (Fsp3) is 0.562. The molecule has 0 spiro atoms. The van der Waals surface area contributed by atoms with Crippen LogP contribution in [-0.4, -0.2) is 31.3 Å². The summed E-state index contributed by atoms with van der Waals surface area (Å²) < 4.78 is 0. The second kappa shape index (κ2) is 7.70. The van der Waals surface area contributed by atoms with Gasteiger partial charge in [0.05, 0.1) is 5.75 Å². The number of carbonyl (C=O) groups is 1. The maximum absolute atomic E-state index is 11.8. The average molecular weight is 292 g/mol. The summed E-state index contributed by atoms with van der Waals surface area (Å²) in [6, 6.07) is 6.37. The van der Waals surface area contributed by atoms with Crippen LogP contribution in [0, 0.1) is 19.8 Å². The molecule has 110 valence electrons. The number of hydrogen-bond acceptors (Lipinski definition) is 3. The third kappa shape index (κ3) is 4.84. The largest absolute Gasteiger partial charge is 0.355 e. The lowest BCUT2D eigenvalue weighted by Gasteiger charge is -2.10. The second-order valence-corrected chi connectivity index (χ2v) is 6.57. The molecule has 1 fully saturated rings. The zero-order valence-corrected chi connectivity index (χ0v) is 13.2. The van der Waals surface area contributed by atoms with Gasteiger partial charge < -0.3 is 10.6 Å². The van der Waals surface area contributed by atoms with Crippen LogP contribution in [0.5, 0.6) is 0 Å². The molecule has 0 bridgehead atoms. The zero-order valence-electron chi connectivity index (χ0n) is 12.4. The molecule has 3 nitrogen and oxygen atoms in total. The van der Waals surface area contributed by atoms with Crippen molar-refractivity contribution in [2.75, 3.05) is 25.4 Å². The van der Waals surface area contributed by atoms with Crippen LogP contribution >= 0.6 is 11.8 Å². The Kier molecular flexibility index (Phi) is 5.92. The Bertz CT molecular complexity index is 456. The summed E-state index contributed by atoms with van der Waals surface area (Å²) in [5.41, 5.74) is 2.48. The summed E-state index contributed by atoms with van der Waals surface area (Å²) in [4.78, 5) is 13.0. The van der Waals surface area contributed by atoms with Gasteiger partial charge in [0.2, 0.25) is 5.91 Å². The van der Waals surface area contributed by atoms with Crippen molar-refractivity contribution in [3.05, 3.63) is 29.3 Å². The number of nitrogens with one attached hydrogen (secondary N) is 2. The quantitative estimate of drug-likeness (QED) is 0.792. The van der Waals surface area contributed by atoms with Crippen LogP contribution in [-0.2, 0) is 4.79 Å². The lowest BCUT2D eigenvalue weighted by Crippen LogP contribution is -2.27. The first-order valence-electron chi connectivity index (χ1n) is 7.32. The van der Waals surface area contributed by atoms with Crippen LogP contribution in [0.4, 0.5) is 0 Å². The summed E-state index contributed by atoms with van der Waals surface area (Å²) in [5.74, 6) is 1.39. The molecule has 2 N–H and O–H groups in total. The van der Waals surface area contributed by atoms with Gasteiger partial charge in [0, 0.05) is 11.4 Å². The minimum Gasteiger partial charge on any atom is -0.355 e. The molecule has 0 saturated carbocycles. The Labute approximate surface area is 125 Å². The van der Waals surface area contributed by atoms with Crippen LogP contribution in [0.25, 0.3) is 0 Å². The van der Waals surface area contributed by atoms with Crippen LogP contribution in [0.3, 0.4) is 0 Å². The number of carbonyl (C=O) groups excluding carboxylic acids is 1. The smallest absolute Gasteiger partial charge is 0.230 e. The minimum absolute atomic E-state index is 0.141. The van der Waals surface area contributed by atoms with E-state index in [0.29, 0.717) is 5.75 Å².